The molecule has 4 aromatic rings. The fraction of sp³-hybridized carbons (Fsp3) is 0.261. The Morgan fingerprint density at radius 2 is 1.85 bits per heavy atom. The van der Waals surface area contributed by atoms with Gasteiger partial charge in [0.1, 0.15) is 17.0 Å². The summed E-state index contributed by atoms with van der Waals surface area (Å²) < 4.78 is 62.1. The zero-order valence-electron chi connectivity index (χ0n) is 17.5. The van der Waals surface area contributed by atoms with Crippen LogP contribution in [0.5, 0.6) is 0 Å². The quantitative estimate of drug-likeness (QED) is 0.337. The summed E-state index contributed by atoms with van der Waals surface area (Å²) in [6, 6.07) is 10.1. The van der Waals surface area contributed by atoms with Crippen LogP contribution in [-0.2, 0) is 6.18 Å². The molecule has 34 heavy (non-hydrogen) atoms. The van der Waals surface area contributed by atoms with Crippen LogP contribution in [-0.4, -0.2) is 38.7 Å². The van der Waals surface area contributed by atoms with Crippen molar-refractivity contribution in [2.45, 2.75) is 24.9 Å². The van der Waals surface area contributed by atoms with Crippen molar-refractivity contribution in [3.63, 3.8) is 0 Å². The molecule has 0 unspecified atom stereocenters. The first-order valence-electron chi connectivity index (χ1n) is 10.5. The minimum atomic E-state index is -4.92. The highest BCUT2D eigenvalue weighted by Crippen LogP contribution is 2.36. The Balaban J connectivity index is 1.38. The van der Waals surface area contributed by atoms with Gasteiger partial charge >= 0.3 is 6.18 Å². The molecular formula is C23H17ClF4N4O2. The summed E-state index contributed by atoms with van der Waals surface area (Å²) in [5.74, 6) is -1.26. The van der Waals surface area contributed by atoms with Crippen molar-refractivity contribution in [1.82, 2.24) is 19.7 Å². The Hall–Kier alpha value is -3.40. The van der Waals surface area contributed by atoms with Crippen molar-refractivity contribution in [2.75, 3.05) is 13.1 Å². The number of carbonyl (C=O) groups is 1. The van der Waals surface area contributed by atoms with Gasteiger partial charge in [0, 0.05) is 24.0 Å². The van der Waals surface area contributed by atoms with Gasteiger partial charge in [-0.3, -0.25) is 4.79 Å². The normalized spacial score (nSPS) is 15.3. The van der Waals surface area contributed by atoms with Crippen molar-refractivity contribution >= 4 is 28.6 Å². The molecule has 1 fully saturated rings. The van der Waals surface area contributed by atoms with Gasteiger partial charge in [-0.15, -0.1) is 0 Å². The molecule has 1 amide bonds. The average molecular weight is 493 g/mol. The minimum absolute atomic E-state index is 0.0848. The molecule has 5 rings (SSSR count). The van der Waals surface area contributed by atoms with E-state index in [1.54, 1.807) is 18.2 Å². The number of oxazole rings is 1. The number of aromatic nitrogens is 3. The zero-order chi connectivity index (χ0) is 24.0. The molecule has 0 spiro atoms. The molecule has 0 aliphatic carbocycles. The van der Waals surface area contributed by atoms with Crippen LogP contribution in [0.15, 0.2) is 53.1 Å². The molecule has 2 aromatic carbocycles. The van der Waals surface area contributed by atoms with Crippen LogP contribution in [0, 0.1) is 5.82 Å². The molecule has 0 bridgehead atoms. The number of rotatable bonds is 3. The molecule has 176 valence electrons. The lowest BCUT2D eigenvalue weighted by atomic mass is 9.96. The fourth-order valence-corrected chi connectivity index (χ4v) is 4.34. The maximum Gasteiger partial charge on any atom is 0.434 e. The van der Waals surface area contributed by atoms with E-state index in [-0.39, 0.29) is 24.7 Å². The Labute approximate surface area is 195 Å². The molecule has 0 radical (unpaired) electrons. The van der Waals surface area contributed by atoms with E-state index in [2.05, 4.69) is 10.1 Å². The van der Waals surface area contributed by atoms with Gasteiger partial charge in [0.05, 0.1) is 11.8 Å². The largest absolute Gasteiger partial charge is 0.440 e. The van der Waals surface area contributed by atoms with E-state index in [0.717, 1.165) is 12.3 Å². The predicted octanol–water partition coefficient (Wildman–Crippen LogP) is 5.84. The molecule has 11 heteroatoms. The van der Waals surface area contributed by atoms with Crippen molar-refractivity contribution in [2.24, 2.45) is 0 Å². The molecular weight excluding hydrogens is 476 g/mol. The smallest absolute Gasteiger partial charge is 0.434 e. The summed E-state index contributed by atoms with van der Waals surface area (Å²) in [6.07, 6.45) is -3.14. The number of piperidine rings is 1. The van der Waals surface area contributed by atoms with E-state index in [9.17, 15) is 22.4 Å². The van der Waals surface area contributed by atoms with Gasteiger partial charge < -0.3 is 9.32 Å². The van der Waals surface area contributed by atoms with Crippen molar-refractivity contribution < 1.29 is 26.8 Å². The van der Waals surface area contributed by atoms with Gasteiger partial charge in [0.2, 0.25) is 0 Å². The third-order valence-corrected chi connectivity index (χ3v) is 6.08. The Kier molecular flexibility index (Phi) is 5.55. The number of halogens is 5. The van der Waals surface area contributed by atoms with Gasteiger partial charge in [-0.25, -0.2) is 14.1 Å². The van der Waals surface area contributed by atoms with Crippen molar-refractivity contribution in [3.8, 4) is 5.69 Å². The summed E-state index contributed by atoms with van der Waals surface area (Å²) in [6.45, 7) is 0.427. The molecule has 0 saturated carbocycles. The van der Waals surface area contributed by atoms with E-state index < -0.39 is 29.2 Å². The van der Waals surface area contributed by atoms with E-state index in [1.807, 2.05) is 0 Å². The molecule has 1 aliphatic rings. The van der Waals surface area contributed by atoms with E-state index in [0.29, 0.717) is 39.5 Å². The lowest BCUT2D eigenvalue weighted by Gasteiger charge is -2.30. The molecule has 0 atom stereocenters. The third kappa shape index (κ3) is 4.02. The van der Waals surface area contributed by atoms with Crippen LogP contribution in [0.2, 0.25) is 5.02 Å². The topological polar surface area (TPSA) is 64.2 Å². The highest BCUT2D eigenvalue weighted by molar-refractivity contribution is 6.31. The highest BCUT2D eigenvalue weighted by atomic mass is 35.5. The van der Waals surface area contributed by atoms with Gasteiger partial charge in [-0.2, -0.15) is 18.3 Å². The zero-order valence-corrected chi connectivity index (χ0v) is 18.3. The Morgan fingerprint density at radius 1 is 1.12 bits per heavy atom. The number of fused-ring (bicyclic) bond motifs is 1. The SMILES string of the molecule is O=C(c1cnn(-c2ccccc2F)c1C(F)(F)F)N1CCC(c2nc3cc(Cl)ccc3o2)CC1. The maximum atomic E-state index is 14.2. The monoisotopic (exact) mass is 492 g/mol. The molecule has 1 aliphatic heterocycles. The fourth-order valence-electron chi connectivity index (χ4n) is 4.18. The van der Waals surface area contributed by atoms with Crippen molar-refractivity contribution in [3.05, 3.63) is 76.6 Å². The number of likely N-dealkylation sites (tertiary alicyclic amines) is 1. The van der Waals surface area contributed by atoms with Crippen LogP contribution >= 0.6 is 11.6 Å². The number of amides is 1. The number of para-hydroxylation sites is 1. The number of hydrogen-bond donors (Lipinski definition) is 0. The number of nitrogens with zero attached hydrogens (tertiary/aromatic N) is 4. The Bertz CT molecular complexity index is 1370. The first-order valence-corrected chi connectivity index (χ1v) is 10.9. The number of alkyl halides is 3. The minimum Gasteiger partial charge on any atom is -0.440 e. The van der Waals surface area contributed by atoms with Crippen LogP contribution in [0.3, 0.4) is 0 Å². The lowest BCUT2D eigenvalue weighted by molar-refractivity contribution is -0.143. The lowest BCUT2D eigenvalue weighted by Crippen LogP contribution is -2.38. The number of hydrogen-bond acceptors (Lipinski definition) is 4. The van der Waals surface area contributed by atoms with Crippen LogP contribution in [0.4, 0.5) is 17.6 Å². The van der Waals surface area contributed by atoms with Crippen molar-refractivity contribution in [1.29, 1.82) is 0 Å². The summed E-state index contributed by atoms with van der Waals surface area (Å²) >= 11 is 5.99. The average Bonchev–Trinajstić information content (AvgIpc) is 3.43. The summed E-state index contributed by atoms with van der Waals surface area (Å²) in [4.78, 5) is 18.8. The molecule has 6 nitrogen and oxygen atoms in total. The first kappa shape index (κ1) is 22.4. The predicted molar refractivity (Wildman–Crippen MR) is 115 cm³/mol. The molecule has 1 saturated heterocycles. The molecule has 3 heterocycles. The summed E-state index contributed by atoms with van der Waals surface area (Å²) in [5.41, 5.74) is -1.10. The van der Waals surface area contributed by atoms with E-state index in [1.165, 1.54) is 23.1 Å². The van der Waals surface area contributed by atoms with E-state index in [4.69, 9.17) is 16.0 Å². The second-order valence-corrected chi connectivity index (χ2v) is 8.43. The summed E-state index contributed by atoms with van der Waals surface area (Å²) in [7, 11) is 0. The molecule has 0 N–H and O–H groups in total. The van der Waals surface area contributed by atoms with Crippen LogP contribution in [0.25, 0.3) is 16.8 Å². The standard InChI is InChI=1S/C23H17ClF4N4O2/c24-14-5-6-19-17(11-14)30-21(34-19)13-7-9-31(10-8-13)22(33)15-12-29-32(20(15)23(26,27)28)18-4-2-1-3-16(18)25/h1-6,11-13H,7-10H2. The maximum absolute atomic E-state index is 14.2. The van der Waals surface area contributed by atoms with Crippen LogP contribution < -0.4 is 0 Å². The van der Waals surface area contributed by atoms with E-state index >= 15 is 0 Å². The molecule has 2 aromatic heterocycles. The first-order chi connectivity index (χ1) is 16.2. The van der Waals surface area contributed by atoms with Gasteiger partial charge in [-0.1, -0.05) is 23.7 Å². The van der Waals surface area contributed by atoms with Gasteiger partial charge in [0.25, 0.3) is 5.91 Å². The number of benzene rings is 2. The highest BCUT2D eigenvalue weighted by Gasteiger charge is 2.42. The second kappa shape index (κ2) is 8.43. The van der Waals surface area contributed by atoms with Gasteiger partial charge in [-0.05, 0) is 43.2 Å². The van der Waals surface area contributed by atoms with Crippen LogP contribution in [0.1, 0.15) is 40.7 Å². The second-order valence-electron chi connectivity index (χ2n) is 8.00. The summed E-state index contributed by atoms with van der Waals surface area (Å²) in [5, 5.41) is 4.23. The number of carbonyl (C=O) groups excluding carboxylic acids is 1. The van der Waals surface area contributed by atoms with Gasteiger partial charge in [0.15, 0.2) is 17.2 Å². The Morgan fingerprint density at radius 3 is 2.56 bits per heavy atom. The third-order valence-electron chi connectivity index (χ3n) is 5.85.